The van der Waals surface area contributed by atoms with Gasteiger partial charge >= 0.3 is 0 Å². The standard InChI is InChI=1S/C14H18ClF2N/c1-9-3-4-10(2)18(8-9)14-12(16)5-11(7-15)6-13(14)17/h5-6,9-10H,3-4,7-8H2,1-2H3. The zero-order chi connectivity index (χ0) is 13.3. The Kier molecular flexibility index (Phi) is 4.10. The molecule has 0 bridgehead atoms. The van der Waals surface area contributed by atoms with Crippen LogP contribution in [0.3, 0.4) is 0 Å². The zero-order valence-electron chi connectivity index (χ0n) is 10.7. The summed E-state index contributed by atoms with van der Waals surface area (Å²) in [5.41, 5.74) is 0.580. The summed E-state index contributed by atoms with van der Waals surface area (Å²) >= 11 is 5.61. The van der Waals surface area contributed by atoms with Crippen LogP contribution in [0.4, 0.5) is 14.5 Å². The molecule has 0 amide bonds. The van der Waals surface area contributed by atoms with Crippen molar-refractivity contribution in [2.24, 2.45) is 5.92 Å². The molecule has 0 aliphatic carbocycles. The lowest BCUT2D eigenvalue weighted by Crippen LogP contribution is -2.42. The van der Waals surface area contributed by atoms with Crippen LogP contribution in [-0.2, 0) is 5.88 Å². The van der Waals surface area contributed by atoms with E-state index in [2.05, 4.69) is 6.92 Å². The molecular formula is C14H18ClF2N. The monoisotopic (exact) mass is 273 g/mol. The fourth-order valence-corrected chi connectivity index (χ4v) is 2.72. The maximum atomic E-state index is 14.0. The van der Waals surface area contributed by atoms with E-state index in [4.69, 9.17) is 11.6 Å². The average molecular weight is 274 g/mol. The average Bonchev–Trinajstić information content (AvgIpc) is 2.32. The van der Waals surface area contributed by atoms with E-state index in [0.29, 0.717) is 18.0 Å². The Balaban J connectivity index is 2.37. The van der Waals surface area contributed by atoms with Crippen molar-refractivity contribution in [1.29, 1.82) is 0 Å². The smallest absolute Gasteiger partial charge is 0.149 e. The highest BCUT2D eigenvalue weighted by Gasteiger charge is 2.27. The van der Waals surface area contributed by atoms with Crippen molar-refractivity contribution in [2.75, 3.05) is 11.4 Å². The molecule has 18 heavy (non-hydrogen) atoms. The molecule has 4 heteroatoms. The normalized spacial score (nSPS) is 24.4. The largest absolute Gasteiger partial charge is 0.364 e. The second-order valence-electron chi connectivity index (χ2n) is 5.23. The van der Waals surface area contributed by atoms with E-state index in [1.165, 1.54) is 12.1 Å². The van der Waals surface area contributed by atoms with Crippen molar-refractivity contribution < 1.29 is 8.78 Å². The van der Waals surface area contributed by atoms with Crippen molar-refractivity contribution in [1.82, 2.24) is 0 Å². The van der Waals surface area contributed by atoms with Gasteiger partial charge in [0.05, 0.1) is 0 Å². The number of anilines is 1. The number of hydrogen-bond acceptors (Lipinski definition) is 1. The maximum absolute atomic E-state index is 14.0. The lowest BCUT2D eigenvalue weighted by Gasteiger charge is -2.38. The second kappa shape index (κ2) is 5.43. The summed E-state index contributed by atoms with van der Waals surface area (Å²) in [6.45, 7) is 4.83. The SMILES string of the molecule is CC1CCC(C)N(c2c(F)cc(CCl)cc2F)C1. The molecule has 1 heterocycles. The summed E-state index contributed by atoms with van der Waals surface area (Å²) in [4.78, 5) is 1.84. The number of benzene rings is 1. The van der Waals surface area contributed by atoms with Gasteiger partial charge < -0.3 is 4.90 Å². The minimum Gasteiger partial charge on any atom is -0.364 e. The van der Waals surface area contributed by atoms with Gasteiger partial charge in [-0.05, 0) is 43.4 Å². The Morgan fingerprint density at radius 3 is 2.39 bits per heavy atom. The van der Waals surface area contributed by atoms with Crippen molar-refractivity contribution in [3.05, 3.63) is 29.3 Å². The van der Waals surface area contributed by atoms with E-state index in [0.717, 1.165) is 12.8 Å². The van der Waals surface area contributed by atoms with E-state index in [1.807, 2.05) is 11.8 Å². The predicted octanol–water partition coefficient (Wildman–Crippen LogP) is 4.33. The maximum Gasteiger partial charge on any atom is 0.149 e. The first-order valence-electron chi connectivity index (χ1n) is 6.33. The van der Waals surface area contributed by atoms with E-state index >= 15 is 0 Å². The summed E-state index contributed by atoms with van der Waals surface area (Å²) in [5, 5.41) is 0. The van der Waals surface area contributed by atoms with Crippen LogP contribution < -0.4 is 4.90 Å². The molecule has 0 aromatic heterocycles. The van der Waals surface area contributed by atoms with E-state index in [1.54, 1.807) is 0 Å². The molecule has 1 aromatic rings. The highest BCUT2D eigenvalue weighted by molar-refractivity contribution is 6.17. The molecule has 1 fully saturated rings. The molecule has 1 aliphatic heterocycles. The first-order chi connectivity index (χ1) is 8.52. The Hall–Kier alpha value is -0.830. The molecule has 1 aromatic carbocycles. The fraction of sp³-hybridized carbons (Fsp3) is 0.571. The van der Waals surface area contributed by atoms with E-state index in [-0.39, 0.29) is 17.6 Å². The third-order valence-corrected chi connectivity index (χ3v) is 3.94. The minimum absolute atomic E-state index is 0.0999. The lowest BCUT2D eigenvalue weighted by molar-refractivity contribution is 0.382. The van der Waals surface area contributed by atoms with Gasteiger partial charge in [0, 0.05) is 18.5 Å². The first-order valence-corrected chi connectivity index (χ1v) is 6.87. The summed E-state index contributed by atoms with van der Waals surface area (Å²) in [6.07, 6.45) is 2.08. The summed E-state index contributed by atoms with van der Waals surface area (Å²) in [5.74, 6) is -0.425. The van der Waals surface area contributed by atoms with Gasteiger partial charge in [-0.3, -0.25) is 0 Å². The number of nitrogens with zero attached hydrogens (tertiary/aromatic N) is 1. The van der Waals surface area contributed by atoms with Crippen molar-refractivity contribution >= 4 is 17.3 Å². The zero-order valence-corrected chi connectivity index (χ0v) is 11.5. The third-order valence-electron chi connectivity index (χ3n) is 3.64. The van der Waals surface area contributed by atoms with Crippen LogP contribution in [0.15, 0.2) is 12.1 Å². The molecule has 0 saturated carbocycles. The molecule has 0 spiro atoms. The Labute approximate surface area is 112 Å². The van der Waals surface area contributed by atoms with Crippen LogP contribution >= 0.6 is 11.6 Å². The fourth-order valence-electron chi connectivity index (χ4n) is 2.57. The molecule has 2 unspecified atom stereocenters. The molecule has 0 N–H and O–H groups in total. The van der Waals surface area contributed by atoms with Crippen LogP contribution in [0.2, 0.25) is 0 Å². The second-order valence-corrected chi connectivity index (χ2v) is 5.49. The number of hydrogen-bond donors (Lipinski definition) is 0. The number of piperidine rings is 1. The highest BCUT2D eigenvalue weighted by Crippen LogP contribution is 2.32. The van der Waals surface area contributed by atoms with Gasteiger partial charge in [-0.2, -0.15) is 0 Å². The van der Waals surface area contributed by atoms with Gasteiger partial charge in [0.25, 0.3) is 0 Å². The molecule has 2 atom stereocenters. The Bertz CT molecular complexity index is 413. The van der Waals surface area contributed by atoms with Gasteiger partial charge in [-0.1, -0.05) is 6.92 Å². The van der Waals surface area contributed by atoms with E-state index in [9.17, 15) is 8.78 Å². The molecule has 0 radical (unpaired) electrons. The van der Waals surface area contributed by atoms with Crippen molar-refractivity contribution in [2.45, 2.75) is 38.6 Å². The molecular weight excluding hydrogens is 256 g/mol. The number of rotatable bonds is 2. The molecule has 1 saturated heterocycles. The molecule has 1 nitrogen and oxygen atoms in total. The Morgan fingerprint density at radius 1 is 1.22 bits per heavy atom. The van der Waals surface area contributed by atoms with Crippen LogP contribution in [-0.4, -0.2) is 12.6 Å². The number of alkyl halides is 1. The van der Waals surface area contributed by atoms with Crippen molar-refractivity contribution in [3.63, 3.8) is 0 Å². The molecule has 1 aliphatic rings. The predicted molar refractivity (Wildman–Crippen MR) is 71.1 cm³/mol. The third kappa shape index (κ3) is 2.61. The number of halogens is 3. The first kappa shape index (κ1) is 13.6. The minimum atomic E-state index is -0.508. The van der Waals surface area contributed by atoms with E-state index < -0.39 is 11.6 Å². The highest BCUT2D eigenvalue weighted by atomic mass is 35.5. The summed E-state index contributed by atoms with van der Waals surface area (Å²) in [6, 6.07) is 2.83. The van der Waals surface area contributed by atoms with Crippen LogP contribution in [0.1, 0.15) is 32.3 Å². The summed E-state index contributed by atoms with van der Waals surface area (Å²) in [7, 11) is 0. The Morgan fingerprint density at radius 2 is 1.83 bits per heavy atom. The van der Waals surface area contributed by atoms with Gasteiger partial charge in [0.1, 0.15) is 17.3 Å². The van der Waals surface area contributed by atoms with Crippen LogP contribution in [0.25, 0.3) is 0 Å². The van der Waals surface area contributed by atoms with Crippen LogP contribution in [0, 0.1) is 17.6 Å². The van der Waals surface area contributed by atoms with Crippen LogP contribution in [0.5, 0.6) is 0 Å². The van der Waals surface area contributed by atoms with Gasteiger partial charge in [0.15, 0.2) is 0 Å². The molecule has 100 valence electrons. The quantitative estimate of drug-likeness (QED) is 0.725. The van der Waals surface area contributed by atoms with Gasteiger partial charge in [-0.25, -0.2) is 8.78 Å². The van der Waals surface area contributed by atoms with Gasteiger partial charge in [-0.15, -0.1) is 11.6 Å². The van der Waals surface area contributed by atoms with Crippen molar-refractivity contribution in [3.8, 4) is 0 Å². The summed E-state index contributed by atoms with van der Waals surface area (Å²) < 4.78 is 28.1. The lowest BCUT2D eigenvalue weighted by atomic mass is 9.94. The van der Waals surface area contributed by atoms with Gasteiger partial charge in [0.2, 0.25) is 0 Å². The molecule has 2 rings (SSSR count). The topological polar surface area (TPSA) is 3.24 Å².